The summed E-state index contributed by atoms with van der Waals surface area (Å²) in [6.07, 6.45) is 2.83. The molecule has 9 heteroatoms. The van der Waals surface area contributed by atoms with Gasteiger partial charge in [-0.3, -0.25) is 9.59 Å². The van der Waals surface area contributed by atoms with Gasteiger partial charge in [-0.2, -0.15) is 5.10 Å². The number of benzene rings is 3. The van der Waals surface area contributed by atoms with Gasteiger partial charge in [0.15, 0.2) is 11.5 Å². The fraction of sp³-hybridized carbons (Fsp3) is 0.179. The summed E-state index contributed by atoms with van der Waals surface area (Å²) in [5.74, 6) is -1.04. The van der Waals surface area contributed by atoms with Crippen LogP contribution in [0.25, 0.3) is 6.08 Å². The van der Waals surface area contributed by atoms with Crippen molar-refractivity contribution in [3.05, 3.63) is 94.1 Å². The Labute approximate surface area is 221 Å². The average Bonchev–Trinajstić information content (AvgIpc) is 2.91. The smallest absolute Gasteiger partial charge is 0.287 e. The fourth-order valence-corrected chi connectivity index (χ4v) is 3.78. The van der Waals surface area contributed by atoms with Gasteiger partial charge in [0.1, 0.15) is 5.70 Å². The van der Waals surface area contributed by atoms with Crippen LogP contribution in [-0.4, -0.2) is 43.3 Å². The van der Waals surface area contributed by atoms with E-state index in [1.807, 2.05) is 24.3 Å². The van der Waals surface area contributed by atoms with E-state index in [4.69, 9.17) is 16.3 Å². The number of carbonyl (C=O) groups excluding carboxylic acids is 2. The number of amides is 2. The van der Waals surface area contributed by atoms with Gasteiger partial charge < -0.3 is 20.1 Å². The number of hydrogen-bond donors (Lipinski definition) is 3. The molecular weight excluding hydrogens is 492 g/mol. The largest absolute Gasteiger partial charge is 0.504 e. The van der Waals surface area contributed by atoms with E-state index >= 15 is 0 Å². The summed E-state index contributed by atoms with van der Waals surface area (Å²) in [5, 5.41) is 17.0. The van der Waals surface area contributed by atoms with Crippen molar-refractivity contribution in [3.8, 4) is 11.5 Å². The van der Waals surface area contributed by atoms with Crippen molar-refractivity contribution in [3.63, 3.8) is 0 Å². The highest BCUT2D eigenvalue weighted by molar-refractivity contribution is 6.34. The number of aromatic hydroxyl groups is 1. The molecule has 3 N–H and O–H groups in total. The molecule has 0 fully saturated rings. The van der Waals surface area contributed by atoms with E-state index in [-0.39, 0.29) is 27.8 Å². The lowest BCUT2D eigenvalue weighted by Gasteiger charge is -2.21. The molecule has 0 aliphatic heterocycles. The minimum atomic E-state index is -0.660. The minimum Gasteiger partial charge on any atom is -0.504 e. The van der Waals surface area contributed by atoms with Gasteiger partial charge >= 0.3 is 0 Å². The number of halogens is 1. The molecule has 192 valence electrons. The van der Waals surface area contributed by atoms with Crippen molar-refractivity contribution in [2.75, 3.05) is 25.1 Å². The van der Waals surface area contributed by atoms with Crippen LogP contribution in [-0.2, 0) is 4.79 Å². The maximum absolute atomic E-state index is 13.0. The summed E-state index contributed by atoms with van der Waals surface area (Å²) in [7, 11) is 1.44. The van der Waals surface area contributed by atoms with Crippen molar-refractivity contribution < 1.29 is 19.4 Å². The van der Waals surface area contributed by atoms with E-state index in [1.54, 1.807) is 48.5 Å². The van der Waals surface area contributed by atoms with E-state index in [0.29, 0.717) is 11.1 Å². The predicted molar refractivity (Wildman–Crippen MR) is 147 cm³/mol. The number of para-hydroxylation sites is 1. The second-order valence-electron chi connectivity index (χ2n) is 7.85. The van der Waals surface area contributed by atoms with Gasteiger partial charge in [-0.1, -0.05) is 41.9 Å². The van der Waals surface area contributed by atoms with Crippen molar-refractivity contribution >= 4 is 41.4 Å². The highest BCUT2D eigenvalue weighted by Gasteiger charge is 2.16. The number of rotatable bonds is 10. The first-order chi connectivity index (χ1) is 17.9. The summed E-state index contributed by atoms with van der Waals surface area (Å²) in [4.78, 5) is 28.1. The lowest BCUT2D eigenvalue weighted by atomic mass is 10.1. The molecule has 3 aromatic rings. The SMILES string of the molecule is CCN(CC)c1ccc(C=C(NC(=O)c2ccccc2Cl)C(=O)NN=Cc2cccc(OC)c2O)cc1. The zero-order valence-corrected chi connectivity index (χ0v) is 21.6. The Morgan fingerprint density at radius 2 is 1.73 bits per heavy atom. The second kappa shape index (κ2) is 13.1. The highest BCUT2D eigenvalue weighted by atomic mass is 35.5. The lowest BCUT2D eigenvalue weighted by Crippen LogP contribution is -2.33. The second-order valence-corrected chi connectivity index (χ2v) is 8.26. The van der Waals surface area contributed by atoms with E-state index < -0.39 is 11.8 Å². The molecule has 0 unspecified atom stereocenters. The molecule has 2 amide bonds. The number of ether oxygens (including phenoxy) is 1. The van der Waals surface area contributed by atoms with Gasteiger partial charge in [0, 0.05) is 24.3 Å². The summed E-state index contributed by atoms with van der Waals surface area (Å²) < 4.78 is 5.08. The topological polar surface area (TPSA) is 103 Å². The van der Waals surface area contributed by atoms with E-state index in [2.05, 4.69) is 34.6 Å². The third-order valence-electron chi connectivity index (χ3n) is 5.56. The van der Waals surface area contributed by atoms with E-state index in [0.717, 1.165) is 18.8 Å². The molecule has 3 aromatic carbocycles. The van der Waals surface area contributed by atoms with E-state index in [9.17, 15) is 14.7 Å². The summed E-state index contributed by atoms with van der Waals surface area (Å²) in [6.45, 7) is 5.90. The molecule has 8 nitrogen and oxygen atoms in total. The van der Waals surface area contributed by atoms with Crippen LogP contribution in [0.3, 0.4) is 0 Å². The van der Waals surface area contributed by atoms with Crippen LogP contribution < -0.4 is 20.4 Å². The lowest BCUT2D eigenvalue weighted by molar-refractivity contribution is -0.117. The van der Waals surface area contributed by atoms with Gasteiger partial charge in [0.25, 0.3) is 11.8 Å². The maximum Gasteiger partial charge on any atom is 0.287 e. The number of hydrazone groups is 1. The number of hydrogen-bond acceptors (Lipinski definition) is 6. The average molecular weight is 521 g/mol. The monoisotopic (exact) mass is 520 g/mol. The number of methoxy groups -OCH3 is 1. The number of anilines is 1. The maximum atomic E-state index is 13.0. The Hall–Kier alpha value is -4.30. The predicted octanol–water partition coefficient (Wildman–Crippen LogP) is 4.82. The van der Waals surface area contributed by atoms with Crippen LogP contribution >= 0.6 is 11.6 Å². The van der Waals surface area contributed by atoms with Gasteiger partial charge in [-0.05, 0) is 61.9 Å². The third kappa shape index (κ3) is 7.11. The molecule has 0 bridgehead atoms. The van der Waals surface area contributed by atoms with Crippen LogP contribution in [0.1, 0.15) is 35.3 Å². The Bertz CT molecular complexity index is 1300. The summed E-state index contributed by atoms with van der Waals surface area (Å²) >= 11 is 6.16. The van der Waals surface area contributed by atoms with E-state index in [1.165, 1.54) is 13.3 Å². The third-order valence-corrected chi connectivity index (χ3v) is 5.89. The molecule has 0 heterocycles. The molecule has 3 rings (SSSR count). The molecule has 0 aliphatic carbocycles. The fourth-order valence-electron chi connectivity index (χ4n) is 3.56. The van der Waals surface area contributed by atoms with Crippen molar-refractivity contribution in [2.45, 2.75) is 13.8 Å². The molecule has 0 aromatic heterocycles. The Balaban J connectivity index is 1.87. The minimum absolute atomic E-state index is 0.0347. The standard InChI is InChI=1S/C28H29ClN4O4/c1-4-33(5-2)21-15-13-19(14-16-21)17-24(31-27(35)22-10-6-7-11-23(22)29)28(36)32-30-18-20-9-8-12-25(37-3)26(20)34/h6-18,34H,4-5H2,1-3H3,(H,31,35)(H,32,36). The number of phenols is 1. The first kappa shape index (κ1) is 27.3. The molecule has 37 heavy (non-hydrogen) atoms. The quantitative estimate of drug-likeness (QED) is 0.202. The number of nitrogens with zero attached hydrogens (tertiary/aromatic N) is 2. The van der Waals surface area contributed by atoms with Crippen molar-refractivity contribution in [2.24, 2.45) is 5.10 Å². The van der Waals surface area contributed by atoms with Gasteiger partial charge in [0.05, 0.1) is 23.9 Å². The Morgan fingerprint density at radius 3 is 2.38 bits per heavy atom. The van der Waals surface area contributed by atoms with Crippen LogP contribution in [0.2, 0.25) is 5.02 Å². The van der Waals surface area contributed by atoms with Gasteiger partial charge in [-0.15, -0.1) is 0 Å². The first-order valence-corrected chi connectivity index (χ1v) is 12.1. The van der Waals surface area contributed by atoms with Crippen LogP contribution in [0.5, 0.6) is 11.5 Å². The number of phenolic OH excluding ortho intramolecular Hbond substituents is 1. The summed E-state index contributed by atoms with van der Waals surface area (Å²) in [5.41, 5.74) is 4.68. The Morgan fingerprint density at radius 1 is 1.03 bits per heavy atom. The molecule has 0 saturated carbocycles. The molecule has 0 atom stereocenters. The first-order valence-electron chi connectivity index (χ1n) is 11.7. The van der Waals surface area contributed by atoms with Gasteiger partial charge in [-0.25, -0.2) is 5.43 Å². The zero-order chi connectivity index (χ0) is 26.8. The highest BCUT2D eigenvalue weighted by Crippen LogP contribution is 2.28. The van der Waals surface area contributed by atoms with Crippen LogP contribution in [0, 0.1) is 0 Å². The van der Waals surface area contributed by atoms with Crippen molar-refractivity contribution in [1.82, 2.24) is 10.7 Å². The van der Waals surface area contributed by atoms with Crippen LogP contribution in [0.15, 0.2) is 77.5 Å². The molecular formula is C28H29ClN4O4. The molecule has 0 aliphatic rings. The Kier molecular flexibility index (Phi) is 9.69. The van der Waals surface area contributed by atoms with Gasteiger partial charge in [0.2, 0.25) is 0 Å². The van der Waals surface area contributed by atoms with Crippen molar-refractivity contribution in [1.29, 1.82) is 0 Å². The molecule has 0 radical (unpaired) electrons. The number of nitrogens with one attached hydrogen (secondary N) is 2. The zero-order valence-electron chi connectivity index (χ0n) is 20.9. The number of carbonyl (C=O) groups is 2. The molecule has 0 saturated heterocycles. The molecule has 0 spiro atoms. The summed E-state index contributed by atoms with van der Waals surface area (Å²) in [6, 6.07) is 19.1. The van der Waals surface area contributed by atoms with Crippen LogP contribution in [0.4, 0.5) is 5.69 Å². The normalized spacial score (nSPS) is 11.3.